The van der Waals surface area contributed by atoms with Crippen molar-refractivity contribution in [2.45, 2.75) is 20.5 Å². The average molecular weight is 344 g/mol. The van der Waals surface area contributed by atoms with Crippen molar-refractivity contribution >= 4 is 37.9 Å². The molecule has 0 amide bonds. The summed E-state index contributed by atoms with van der Waals surface area (Å²) in [5.41, 5.74) is 1.61. The van der Waals surface area contributed by atoms with E-state index in [2.05, 4.69) is 21.9 Å². The Morgan fingerprint density at radius 1 is 1.30 bits per heavy atom. The van der Waals surface area contributed by atoms with Crippen LogP contribution < -0.4 is 10.3 Å². The van der Waals surface area contributed by atoms with Gasteiger partial charge in [-0.2, -0.15) is 0 Å². The molecule has 0 saturated carbocycles. The van der Waals surface area contributed by atoms with Gasteiger partial charge in [-0.1, -0.05) is 0 Å². The Morgan fingerprint density at radius 3 is 3.04 bits per heavy atom. The summed E-state index contributed by atoms with van der Waals surface area (Å²) in [5, 5.41) is 2.77. The summed E-state index contributed by atoms with van der Waals surface area (Å²) in [4.78, 5) is 27.7. The lowest BCUT2D eigenvalue weighted by molar-refractivity contribution is 0.293. The second kappa shape index (κ2) is 5.39. The third-order valence-corrected chi connectivity index (χ3v) is 5.52. The van der Waals surface area contributed by atoms with E-state index in [9.17, 15) is 4.79 Å². The Morgan fingerprint density at radius 2 is 2.17 bits per heavy atom. The summed E-state index contributed by atoms with van der Waals surface area (Å²) in [6, 6.07) is 1.49. The quantitative estimate of drug-likeness (QED) is 0.571. The van der Waals surface area contributed by atoms with Gasteiger partial charge < -0.3 is 4.74 Å². The van der Waals surface area contributed by atoms with Gasteiger partial charge in [0.1, 0.15) is 17.8 Å². The van der Waals surface area contributed by atoms with Crippen molar-refractivity contribution in [1.82, 2.24) is 19.4 Å². The van der Waals surface area contributed by atoms with Crippen molar-refractivity contribution in [3.05, 3.63) is 50.5 Å². The molecular formula is C15H12N4O2S2. The molecule has 0 aliphatic carbocycles. The molecule has 4 rings (SSSR count). The van der Waals surface area contributed by atoms with Gasteiger partial charge in [-0.05, 0) is 19.4 Å². The van der Waals surface area contributed by atoms with Gasteiger partial charge in [0.05, 0.1) is 11.1 Å². The van der Waals surface area contributed by atoms with Crippen LogP contribution in [0.3, 0.4) is 0 Å². The van der Waals surface area contributed by atoms with Crippen molar-refractivity contribution in [2.24, 2.45) is 0 Å². The van der Waals surface area contributed by atoms with Crippen LogP contribution in [0.1, 0.15) is 16.1 Å². The van der Waals surface area contributed by atoms with Gasteiger partial charge in [-0.25, -0.2) is 15.0 Å². The van der Waals surface area contributed by atoms with Gasteiger partial charge in [0.2, 0.25) is 5.88 Å². The highest BCUT2D eigenvalue weighted by molar-refractivity contribution is 7.18. The number of hydrogen-bond donors (Lipinski definition) is 0. The Labute approximate surface area is 139 Å². The number of aryl methyl sites for hydroxylation is 2. The van der Waals surface area contributed by atoms with Crippen LogP contribution in [-0.2, 0) is 6.61 Å². The second-order valence-corrected chi connectivity index (χ2v) is 7.15. The summed E-state index contributed by atoms with van der Waals surface area (Å²) in [6.07, 6.45) is 3.21. The van der Waals surface area contributed by atoms with E-state index >= 15 is 0 Å². The summed E-state index contributed by atoms with van der Waals surface area (Å²) in [7, 11) is 0. The molecule has 0 spiro atoms. The highest BCUT2D eigenvalue weighted by Crippen LogP contribution is 2.33. The van der Waals surface area contributed by atoms with E-state index < -0.39 is 0 Å². The van der Waals surface area contributed by atoms with Crippen LogP contribution in [0.15, 0.2) is 28.8 Å². The molecule has 0 fully saturated rings. The van der Waals surface area contributed by atoms with E-state index in [1.807, 2.05) is 12.3 Å². The normalized spacial score (nSPS) is 11.4. The Balaban J connectivity index is 1.69. The summed E-state index contributed by atoms with van der Waals surface area (Å²) >= 11 is 3.04. The lowest BCUT2D eigenvalue weighted by Gasteiger charge is -2.06. The monoisotopic (exact) mass is 344 g/mol. The molecule has 0 aliphatic rings. The summed E-state index contributed by atoms with van der Waals surface area (Å²) < 4.78 is 7.35. The maximum atomic E-state index is 12.0. The van der Waals surface area contributed by atoms with Crippen LogP contribution >= 0.6 is 22.7 Å². The minimum atomic E-state index is -0.106. The third kappa shape index (κ3) is 2.40. The molecule has 0 saturated heterocycles. The van der Waals surface area contributed by atoms with Crippen molar-refractivity contribution in [3.8, 4) is 5.88 Å². The lowest BCUT2D eigenvalue weighted by atomic mass is 10.2. The van der Waals surface area contributed by atoms with Gasteiger partial charge in [-0.3, -0.25) is 9.20 Å². The van der Waals surface area contributed by atoms with Crippen molar-refractivity contribution in [1.29, 1.82) is 0 Å². The maximum Gasteiger partial charge on any atom is 0.258 e. The average Bonchev–Trinajstić information content (AvgIpc) is 3.11. The number of thiophene rings is 1. The first-order valence-electron chi connectivity index (χ1n) is 6.93. The first kappa shape index (κ1) is 14.3. The molecule has 0 aromatic carbocycles. The molecule has 4 aromatic rings. The van der Waals surface area contributed by atoms with E-state index in [0.717, 1.165) is 15.8 Å². The fourth-order valence-corrected chi connectivity index (χ4v) is 4.09. The van der Waals surface area contributed by atoms with Crippen molar-refractivity contribution < 1.29 is 4.74 Å². The van der Waals surface area contributed by atoms with Crippen molar-refractivity contribution in [3.63, 3.8) is 0 Å². The van der Waals surface area contributed by atoms with Crippen LogP contribution in [-0.4, -0.2) is 19.4 Å². The van der Waals surface area contributed by atoms with Gasteiger partial charge >= 0.3 is 0 Å². The molecule has 0 unspecified atom stereocenters. The fourth-order valence-electron chi connectivity index (χ4n) is 2.36. The van der Waals surface area contributed by atoms with Gasteiger partial charge in [0, 0.05) is 22.5 Å². The molecular weight excluding hydrogens is 332 g/mol. The summed E-state index contributed by atoms with van der Waals surface area (Å²) in [6.45, 7) is 4.29. The van der Waals surface area contributed by atoms with Crippen LogP contribution in [0.5, 0.6) is 5.88 Å². The molecule has 0 bridgehead atoms. The van der Waals surface area contributed by atoms with E-state index in [1.165, 1.54) is 33.0 Å². The fraction of sp³-hybridized carbons (Fsp3) is 0.200. The Bertz CT molecular complexity index is 1080. The van der Waals surface area contributed by atoms with Gasteiger partial charge in [-0.15, -0.1) is 22.7 Å². The molecule has 0 radical (unpaired) electrons. The second-order valence-electron chi connectivity index (χ2n) is 5.07. The van der Waals surface area contributed by atoms with Gasteiger partial charge in [0.15, 0.2) is 4.96 Å². The van der Waals surface area contributed by atoms with E-state index in [0.29, 0.717) is 16.5 Å². The smallest absolute Gasteiger partial charge is 0.258 e. The molecule has 6 nitrogen and oxygen atoms in total. The van der Waals surface area contributed by atoms with Crippen LogP contribution in [0.4, 0.5) is 0 Å². The Hall–Kier alpha value is -2.32. The van der Waals surface area contributed by atoms with E-state index in [4.69, 9.17) is 4.74 Å². The first-order chi connectivity index (χ1) is 11.1. The zero-order valence-corrected chi connectivity index (χ0v) is 14.1. The standard InChI is InChI=1S/C15H12N4O2S2/c1-8-9(2)23-14-12(8)13(16-7-17-14)21-6-10-5-11(20)19-3-4-22-15(19)18-10/h3-5,7H,6H2,1-2H3. The summed E-state index contributed by atoms with van der Waals surface area (Å²) in [5.74, 6) is 0.532. The highest BCUT2D eigenvalue weighted by atomic mass is 32.1. The van der Waals surface area contributed by atoms with E-state index in [1.54, 1.807) is 17.5 Å². The topological polar surface area (TPSA) is 69.4 Å². The predicted octanol–water partition coefficient (Wildman–Crippen LogP) is 2.96. The predicted molar refractivity (Wildman–Crippen MR) is 90.6 cm³/mol. The van der Waals surface area contributed by atoms with E-state index in [-0.39, 0.29) is 12.2 Å². The molecule has 8 heteroatoms. The molecule has 0 atom stereocenters. The largest absolute Gasteiger partial charge is 0.471 e. The van der Waals surface area contributed by atoms with Crippen molar-refractivity contribution in [2.75, 3.05) is 0 Å². The zero-order chi connectivity index (χ0) is 16.0. The van der Waals surface area contributed by atoms with Crippen LogP contribution in [0, 0.1) is 13.8 Å². The highest BCUT2D eigenvalue weighted by Gasteiger charge is 2.13. The Kier molecular flexibility index (Phi) is 3.35. The molecule has 0 N–H and O–H groups in total. The number of hydrogen-bond acceptors (Lipinski definition) is 7. The zero-order valence-electron chi connectivity index (χ0n) is 12.4. The lowest BCUT2D eigenvalue weighted by Crippen LogP contribution is -2.14. The SMILES string of the molecule is Cc1sc2ncnc(OCc3cc(=O)n4ccsc4n3)c2c1C. The van der Waals surface area contributed by atoms with Gasteiger partial charge in [0.25, 0.3) is 5.56 Å². The minimum absolute atomic E-state index is 0.106. The first-order valence-corrected chi connectivity index (χ1v) is 8.62. The maximum absolute atomic E-state index is 12.0. The number of nitrogens with zero attached hydrogens (tertiary/aromatic N) is 4. The number of ether oxygens (including phenoxy) is 1. The minimum Gasteiger partial charge on any atom is -0.471 e. The number of fused-ring (bicyclic) bond motifs is 2. The number of aromatic nitrogens is 4. The van der Waals surface area contributed by atoms with Crippen LogP contribution in [0.25, 0.3) is 15.2 Å². The molecule has 116 valence electrons. The molecule has 23 heavy (non-hydrogen) atoms. The molecule has 4 aromatic heterocycles. The molecule has 0 aliphatic heterocycles. The number of thiazole rings is 1. The third-order valence-electron chi connectivity index (χ3n) is 3.64. The number of rotatable bonds is 3. The van der Waals surface area contributed by atoms with Crippen LogP contribution in [0.2, 0.25) is 0 Å². The molecule has 4 heterocycles.